The molecule has 2 N–H and O–H groups in total. The molecule has 0 saturated carbocycles. The van der Waals surface area contributed by atoms with E-state index in [9.17, 15) is 4.79 Å². The highest BCUT2D eigenvalue weighted by Crippen LogP contribution is 2.29. The van der Waals surface area contributed by atoms with Gasteiger partial charge in [0.05, 0.1) is 11.4 Å². The molecule has 4 rings (SSSR count). The Morgan fingerprint density at radius 1 is 1.00 bits per heavy atom. The van der Waals surface area contributed by atoms with E-state index in [0.717, 1.165) is 27.2 Å². The average Bonchev–Trinajstić information content (AvgIpc) is 3.06. The molecule has 0 radical (unpaired) electrons. The highest BCUT2D eigenvalue weighted by molar-refractivity contribution is 7.20. The van der Waals surface area contributed by atoms with Crippen LogP contribution in [0.2, 0.25) is 0 Å². The molecular formula is C18H12N4O2S. The number of nitrogens with one attached hydrogen (secondary N) is 1. The highest BCUT2D eigenvalue weighted by Gasteiger charge is 2.09. The Balaban J connectivity index is 1.64. The number of nitrogens with zero attached hydrogens (tertiary/aromatic N) is 3. The number of fused-ring (bicyclic) bond motifs is 1. The van der Waals surface area contributed by atoms with E-state index in [1.54, 1.807) is 24.5 Å². The molecule has 0 bridgehead atoms. The van der Waals surface area contributed by atoms with Crippen LogP contribution in [0.15, 0.2) is 60.9 Å². The van der Waals surface area contributed by atoms with Crippen LogP contribution in [0, 0.1) is 0 Å². The molecule has 0 unspecified atom stereocenters. The maximum Gasteiger partial charge on any atom is 0.345 e. The predicted molar refractivity (Wildman–Crippen MR) is 97.3 cm³/mol. The van der Waals surface area contributed by atoms with E-state index in [4.69, 9.17) is 5.11 Å². The topological polar surface area (TPSA) is 88.0 Å². The minimum atomic E-state index is -0.915. The lowest BCUT2D eigenvalue weighted by molar-refractivity contribution is 0.0702. The van der Waals surface area contributed by atoms with Gasteiger partial charge < -0.3 is 10.4 Å². The summed E-state index contributed by atoms with van der Waals surface area (Å²) in [6, 6.07) is 14.8. The summed E-state index contributed by atoms with van der Waals surface area (Å²) in [5.41, 5.74) is 2.29. The lowest BCUT2D eigenvalue weighted by Crippen LogP contribution is -1.98. The van der Waals surface area contributed by atoms with Crippen molar-refractivity contribution in [3.8, 4) is 11.4 Å². The first-order chi connectivity index (χ1) is 12.2. The largest absolute Gasteiger partial charge is 0.477 e. The van der Waals surface area contributed by atoms with Crippen LogP contribution in [0.1, 0.15) is 9.67 Å². The van der Waals surface area contributed by atoms with Crippen LogP contribution in [0.4, 0.5) is 11.6 Å². The SMILES string of the molecule is O=C(O)c1cc2cc(Nc3nccc(-c4ccccn4)n3)ccc2s1. The summed E-state index contributed by atoms with van der Waals surface area (Å²) in [5, 5.41) is 13.1. The van der Waals surface area contributed by atoms with Gasteiger partial charge in [-0.2, -0.15) is 0 Å². The number of carbonyl (C=O) groups is 1. The van der Waals surface area contributed by atoms with Gasteiger partial charge in [0.25, 0.3) is 0 Å². The fourth-order valence-electron chi connectivity index (χ4n) is 2.43. The molecule has 0 saturated heterocycles. The van der Waals surface area contributed by atoms with Gasteiger partial charge in [0.1, 0.15) is 4.88 Å². The van der Waals surface area contributed by atoms with Crippen LogP contribution in [0.3, 0.4) is 0 Å². The summed E-state index contributed by atoms with van der Waals surface area (Å²) in [4.78, 5) is 24.4. The zero-order chi connectivity index (χ0) is 17.2. The number of aromatic nitrogens is 3. The number of thiophene rings is 1. The van der Waals surface area contributed by atoms with Crippen molar-refractivity contribution in [2.24, 2.45) is 0 Å². The summed E-state index contributed by atoms with van der Waals surface area (Å²) in [6.45, 7) is 0. The summed E-state index contributed by atoms with van der Waals surface area (Å²) >= 11 is 1.25. The molecule has 0 spiro atoms. The lowest BCUT2D eigenvalue weighted by atomic mass is 10.2. The molecular weight excluding hydrogens is 336 g/mol. The molecule has 7 heteroatoms. The fourth-order valence-corrected chi connectivity index (χ4v) is 3.31. The van der Waals surface area contributed by atoms with Crippen molar-refractivity contribution >= 4 is 39.0 Å². The number of carboxylic acids is 1. The van der Waals surface area contributed by atoms with Gasteiger partial charge in [0.15, 0.2) is 0 Å². The van der Waals surface area contributed by atoms with Gasteiger partial charge in [-0.1, -0.05) is 6.07 Å². The summed E-state index contributed by atoms with van der Waals surface area (Å²) in [6.07, 6.45) is 3.39. The summed E-state index contributed by atoms with van der Waals surface area (Å²) in [7, 11) is 0. The summed E-state index contributed by atoms with van der Waals surface area (Å²) in [5.74, 6) is -0.460. The molecule has 3 aromatic heterocycles. The van der Waals surface area contributed by atoms with E-state index >= 15 is 0 Å². The van der Waals surface area contributed by atoms with Gasteiger partial charge in [-0.15, -0.1) is 11.3 Å². The molecule has 25 heavy (non-hydrogen) atoms. The van der Waals surface area contributed by atoms with E-state index in [-0.39, 0.29) is 0 Å². The monoisotopic (exact) mass is 348 g/mol. The molecule has 0 amide bonds. The van der Waals surface area contributed by atoms with Crippen LogP contribution in [0.5, 0.6) is 0 Å². The maximum absolute atomic E-state index is 11.1. The van der Waals surface area contributed by atoms with Crippen molar-refractivity contribution in [2.75, 3.05) is 5.32 Å². The van der Waals surface area contributed by atoms with Gasteiger partial charge in [-0.25, -0.2) is 14.8 Å². The molecule has 0 aliphatic carbocycles. The first-order valence-corrected chi connectivity index (χ1v) is 8.29. The molecule has 3 heterocycles. The number of rotatable bonds is 4. The Bertz CT molecular complexity index is 1060. The van der Waals surface area contributed by atoms with Crippen molar-refractivity contribution in [2.45, 2.75) is 0 Å². The Labute approximate surface area is 146 Å². The zero-order valence-electron chi connectivity index (χ0n) is 12.9. The van der Waals surface area contributed by atoms with E-state index < -0.39 is 5.97 Å². The highest BCUT2D eigenvalue weighted by atomic mass is 32.1. The van der Waals surface area contributed by atoms with Gasteiger partial charge >= 0.3 is 5.97 Å². The number of hydrogen-bond acceptors (Lipinski definition) is 6. The number of anilines is 2. The number of pyridine rings is 1. The van der Waals surface area contributed by atoms with Gasteiger partial charge in [-0.3, -0.25) is 4.98 Å². The van der Waals surface area contributed by atoms with Crippen molar-refractivity contribution in [1.29, 1.82) is 0 Å². The third-order valence-electron chi connectivity index (χ3n) is 3.57. The number of benzene rings is 1. The molecule has 4 aromatic rings. The Hall–Kier alpha value is -3.32. The predicted octanol–water partition coefficient (Wildman–Crippen LogP) is 4.20. The van der Waals surface area contributed by atoms with Crippen LogP contribution in [-0.2, 0) is 0 Å². The lowest BCUT2D eigenvalue weighted by Gasteiger charge is -2.06. The normalized spacial score (nSPS) is 10.7. The Morgan fingerprint density at radius 3 is 2.72 bits per heavy atom. The fraction of sp³-hybridized carbons (Fsp3) is 0. The van der Waals surface area contributed by atoms with Gasteiger partial charge in [0, 0.05) is 22.8 Å². The first kappa shape index (κ1) is 15.2. The van der Waals surface area contributed by atoms with E-state index in [1.807, 2.05) is 36.4 Å². The molecule has 0 aliphatic rings. The second kappa shape index (κ2) is 6.29. The van der Waals surface area contributed by atoms with Crippen LogP contribution in [0.25, 0.3) is 21.5 Å². The van der Waals surface area contributed by atoms with Gasteiger partial charge in [0.2, 0.25) is 5.95 Å². The molecule has 0 aliphatic heterocycles. The zero-order valence-corrected chi connectivity index (χ0v) is 13.7. The summed E-state index contributed by atoms with van der Waals surface area (Å²) < 4.78 is 0.922. The smallest absolute Gasteiger partial charge is 0.345 e. The Morgan fingerprint density at radius 2 is 1.92 bits per heavy atom. The average molecular weight is 348 g/mol. The quantitative estimate of drug-likeness (QED) is 0.575. The third kappa shape index (κ3) is 3.17. The second-order valence-electron chi connectivity index (χ2n) is 5.27. The number of aromatic carboxylic acids is 1. The second-order valence-corrected chi connectivity index (χ2v) is 6.36. The molecule has 1 aromatic carbocycles. The third-order valence-corrected chi connectivity index (χ3v) is 4.67. The van der Waals surface area contributed by atoms with Crippen molar-refractivity contribution in [1.82, 2.24) is 15.0 Å². The van der Waals surface area contributed by atoms with E-state index in [1.165, 1.54) is 11.3 Å². The van der Waals surface area contributed by atoms with Crippen LogP contribution in [-0.4, -0.2) is 26.0 Å². The minimum absolute atomic E-state index is 0.320. The van der Waals surface area contributed by atoms with E-state index in [2.05, 4.69) is 20.3 Å². The van der Waals surface area contributed by atoms with E-state index in [0.29, 0.717) is 10.8 Å². The maximum atomic E-state index is 11.1. The van der Waals surface area contributed by atoms with Crippen molar-refractivity contribution in [3.05, 3.63) is 65.8 Å². The molecule has 6 nitrogen and oxygen atoms in total. The van der Waals surface area contributed by atoms with Crippen LogP contribution < -0.4 is 5.32 Å². The van der Waals surface area contributed by atoms with Crippen molar-refractivity contribution in [3.63, 3.8) is 0 Å². The van der Waals surface area contributed by atoms with Crippen molar-refractivity contribution < 1.29 is 9.90 Å². The minimum Gasteiger partial charge on any atom is -0.477 e. The number of carboxylic acid groups (broad SMARTS) is 1. The molecule has 0 atom stereocenters. The molecule has 122 valence electrons. The standard InChI is InChI=1S/C18H12N4O2S/c23-17(24)16-10-11-9-12(4-5-15(11)25-16)21-18-20-8-6-14(22-18)13-3-1-2-7-19-13/h1-10H,(H,23,24)(H,20,21,22). The number of hydrogen-bond donors (Lipinski definition) is 2. The van der Waals surface area contributed by atoms with Gasteiger partial charge in [-0.05, 0) is 47.9 Å². The first-order valence-electron chi connectivity index (χ1n) is 7.47. The Kier molecular flexibility index (Phi) is 3.83. The van der Waals surface area contributed by atoms with Crippen LogP contribution >= 0.6 is 11.3 Å². The molecule has 0 fully saturated rings.